The minimum atomic E-state index is -0.652. The van der Waals surface area contributed by atoms with Crippen LogP contribution in [0.2, 0.25) is 0 Å². The Morgan fingerprint density at radius 3 is 2.68 bits per heavy atom. The highest BCUT2D eigenvalue weighted by atomic mass is 19.1. The maximum atomic E-state index is 15.5. The van der Waals surface area contributed by atoms with Crippen molar-refractivity contribution in [2.24, 2.45) is 0 Å². The largest absolute Gasteiger partial charge is 0.497 e. The lowest BCUT2D eigenvalue weighted by Gasteiger charge is -2.35. The molecule has 38 heavy (non-hydrogen) atoms. The average molecular weight is 517 g/mol. The number of fused-ring (bicyclic) bond motifs is 2. The summed E-state index contributed by atoms with van der Waals surface area (Å²) in [7, 11) is 1.64. The summed E-state index contributed by atoms with van der Waals surface area (Å²) in [6.07, 6.45) is 3.46. The average Bonchev–Trinajstić information content (AvgIpc) is 3.78. The number of ether oxygens (including phenoxy) is 2. The number of halogens is 1. The SMILES string of the molecule is CCOC(=O)c1cn(C2CC2)c2nc3cc(N4CCNC(c5ccc(OC)cc5)C4)c(F)cc3cc2c1=O. The van der Waals surface area contributed by atoms with Crippen LogP contribution in [0.3, 0.4) is 0 Å². The van der Waals surface area contributed by atoms with E-state index in [0.717, 1.165) is 24.2 Å². The molecule has 1 aliphatic heterocycles. The number of nitrogens with zero attached hydrogens (tertiary/aromatic N) is 3. The van der Waals surface area contributed by atoms with Crippen LogP contribution >= 0.6 is 0 Å². The number of aromatic nitrogens is 2. The summed E-state index contributed by atoms with van der Waals surface area (Å²) in [5.41, 5.74) is 2.23. The number of nitrogens with one attached hydrogen (secondary N) is 1. The zero-order valence-electron chi connectivity index (χ0n) is 21.4. The molecule has 1 aliphatic carbocycles. The van der Waals surface area contributed by atoms with Crippen LogP contribution in [0.4, 0.5) is 10.1 Å². The van der Waals surface area contributed by atoms with E-state index >= 15 is 4.39 Å². The van der Waals surface area contributed by atoms with Crippen LogP contribution in [0.1, 0.15) is 47.8 Å². The molecule has 0 radical (unpaired) electrons. The number of anilines is 1. The Kier molecular flexibility index (Phi) is 6.23. The molecule has 2 aliphatic rings. The topological polar surface area (TPSA) is 85.7 Å². The first-order valence-corrected chi connectivity index (χ1v) is 13.0. The number of methoxy groups -OCH3 is 1. The number of hydrogen-bond acceptors (Lipinski definition) is 7. The van der Waals surface area contributed by atoms with E-state index in [-0.39, 0.29) is 30.1 Å². The van der Waals surface area contributed by atoms with Gasteiger partial charge in [0.2, 0.25) is 5.43 Å². The maximum absolute atomic E-state index is 15.5. The molecule has 6 rings (SSSR count). The molecule has 1 N–H and O–H groups in total. The summed E-state index contributed by atoms with van der Waals surface area (Å²) in [5.74, 6) is -0.238. The van der Waals surface area contributed by atoms with Gasteiger partial charge < -0.3 is 24.3 Å². The zero-order chi connectivity index (χ0) is 26.4. The Balaban J connectivity index is 1.40. The summed E-state index contributed by atoms with van der Waals surface area (Å²) < 4.78 is 27.8. The van der Waals surface area contributed by atoms with E-state index in [4.69, 9.17) is 14.5 Å². The summed E-state index contributed by atoms with van der Waals surface area (Å²) in [5, 5.41) is 4.32. The minimum Gasteiger partial charge on any atom is -0.497 e. The molecular formula is C29H29FN4O4. The van der Waals surface area contributed by atoms with Crippen molar-refractivity contribution >= 4 is 33.6 Å². The van der Waals surface area contributed by atoms with Gasteiger partial charge in [0.05, 0.1) is 30.3 Å². The molecule has 0 bridgehead atoms. The first-order valence-electron chi connectivity index (χ1n) is 13.0. The predicted octanol–water partition coefficient (Wildman–Crippen LogP) is 4.36. The number of carbonyl (C=O) groups excluding carboxylic acids is 1. The van der Waals surface area contributed by atoms with E-state index in [9.17, 15) is 9.59 Å². The number of benzene rings is 2. The van der Waals surface area contributed by atoms with Crippen molar-refractivity contribution in [3.63, 3.8) is 0 Å². The third-order valence-corrected chi connectivity index (χ3v) is 7.34. The van der Waals surface area contributed by atoms with E-state index in [0.29, 0.717) is 47.3 Å². The Morgan fingerprint density at radius 2 is 1.97 bits per heavy atom. The molecule has 2 aromatic carbocycles. The van der Waals surface area contributed by atoms with Crippen LogP contribution in [0.25, 0.3) is 21.9 Å². The van der Waals surface area contributed by atoms with Crippen LogP contribution < -0.4 is 20.4 Å². The highest BCUT2D eigenvalue weighted by Crippen LogP contribution is 2.37. The molecule has 0 amide bonds. The van der Waals surface area contributed by atoms with E-state index in [1.54, 1.807) is 32.4 Å². The van der Waals surface area contributed by atoms with Crippen molar-refractivity contribution in [1.82, 2.24) is 14.9 Å². The molecule has 3 heterocycles. The zero-order valence-corrected chi connectivity index (χ0v) is 21.4. The highest BCUT2D eigenvalue weighted by molar-refractivity contribution is 5.97. The fourth-order valence-electron chi connectivity index (χ4n) is 5.20. The predicted molar refractivity (Wildman–Crippen MR) is 144 cm³/mol. The summed E-state index contributed by atoms with van der Waals surface area (Å²) in [4.78, 5) is 32.6. The lowest BCUT2D eigenvalue weighted by molar-refractivity contribution is 0.0524. The first kappa shape index (κ1) is 24.4. The van der Waals surface area contributed by atoms with Crippen LogP contribution in [0, 0.1) is 5.82 Å². The van der Waals surface area contributed by atoms with Gasteiger partial charge in [0.15, 0.2) is 0 Å². The third-order valence-electron chi connectivity index (χ3n) is 7.34. The van der Waals surface area contributed by atoms with E-state index < -0.39 is 11.4 Å². The van der Waals surface area contributed by atoms with Gasteiger partial charge in [-0.1, -0.05) is 12.1 Å². The van der Waals surface area contributed by atoms with Crippen LogP contribution in [0.15, 0.2) is 53.5 Å². The number of esters is 1. The van der Waals surface area contributed by atoms with Crippen molar-refractivity contribution in [2.45, 2.75) is 31.8 Å². The normalized spacial score (nSPS) is 17.7. The molecule has 1 atom stereocenters. The van der Waals surface area contributed by atoms with Crippen molar-refractivity contribution < 1.29 is 18.7 Å². The van der Waals surface area contributed by atoms with Crippen molar-refractivity contribution in [1.29, 1.82) is 0 Å². The van der Waals surface area contributed by atoms with Gasteiger partial charge in [-0.2, -0.15) is 0 Å². The summed E-state index contributed by atoms with van der Waals surface area (Å²) in [6, 6.07) is 12.9. The summed E-state index contributed by atoms with van der Waals surface area (Å²) in [6.45, 7) is 3.83. The van der Waals surface area contributed by atoms with Gasteiger partial charge in [-0.15, -0.1) is 0 Å². The second-order valence-corrected chi connectivity index (χ2v) is 9.81. The monoisotopic (exact) mass is 516 g/mol. The van der Waals surface area contributed by atoms with E-state index in [2.05, 4.69) is 5.32 Å². The number of pyridine rings is 2. The molecule has 196 valence electrons. The van der Waals surface area contributed by atoms with Gasteiger partial charge in [0, 0.05) is 43.3 Å². The Hall–Kier alpha value is -3.98. The molecule has 2 aromatic heterocycles. The number of carbonyl (C=O) groups is 1. The van der Waals surface area contributed by atoms with Crippen molar-refractivity contribution in [3.8, 4) is 5.75 Å². The van der Waals surface area contributed by atoms with Gasteiger partial charge in [0.25, 0.3) is 0 Å². The minimum absolute atomic E-state index is 0.0186. The van der Waals surface area contributed by atoms with Gasteiger partial charge in [-0.05, 0) is 55.7 Å². The van der Waals surface area contributed by atoms with Gasteiger partial charge in [-0.3, -0.25) is 4.79 Å². The molecule has 8 nitrogen and oxygen atoms in total. The van der Waals surface area contributed by atoms with Crippen LogP contribution in [-0.4, -0.2) is 48.9 Å². The third kappa shape index (κ3) is 4.36. The second-order valence-electron chi connectivity index (χ2n) is 9.81. The molecule has 4 aromatic rings. The molecule has 1 saturated carbocycles. The summed E-state index contributed by atoms with van der Waals surface area (Å²) >= 11 is 0. The smallest absolute Gasteiger partial charge is 0.343 e. The standard InChI is InChI=1S/C29H29FN4O4/c1-3-38-29(36)22-15-34(19-6-7-19)28-21(27(22)35)12-18-13-23(30)26(14-24(18)32-28)33-11-10-31-25(16-33)17-4-8-20(37-2)9-5-17/h4-5,8-9,12-15,19,25,31H,3,6-7,10-11,16H2,1-2H3. The van der Waals surface area contributed by atoms with Gasteiger partial charge >= 0.3 is 5.97 Å². The lowest BCUT2D eigenvalue weighted by atomic mass is 10.0. The molecule has 1 unspecified atom stereocenters. The van der Waals surface area contributed by atoms with Crippen LogP contribution in [-0.2, 0) is 4.74 Å². The molecule has 2 fully saturated rings. The Labute approximate surface area is 219 Å². The van der Waals surface area contributed by atoms with Gasteiger partial charge in [-0.25, -0.2) is 14.2 Å². The van der Waals surface area contributed by atoms with E-state index in [1.165, 1.54) is 6.07 Å². The first-order chi connectivity index (χ1) is 18.5. The fourth-order valence-corrected chi connectivity index (χ4v) is 5.20. The van der Waals surface area contributed by atoms with Crippen molar-refractivity contribution in [2.75, 3.05) is 38.3 Å². The maximum Gasteiger partial charge on any atom is 0.343 e. The molecule has 9 heteroatoms. The number of rotatable bonds is 6. The number of piperazine rings is 1. The second kappa shape index (κ2) is 9.72. The van der Waals surface area contributed by atoms with E-state index in [1.807, 2.05) is 33.7 Å². The highest BCUT2D eigenvalue weighted by Gasteiger charge is 2.29. The molecule has 1 saturated heterocycles. The lowest BCUT2D eigenvalue weighted by Crippen LogP contribution is -2.46. The molecular weight excluding hydrogens is 487 g/mol. The quantitative estimate of drug-likeness (QED) is 0.301. The Bertz CT molecular complexity index is 1600. The number of hydrogen-bond donors (Lipinski definition) is 1. The Morgan fingerprint density at radius 1 is 1.18 bits per heavy atom. The van der Waals surface area contributed by atoms with Crippen LogP contribution in [0.5, 0.6) is 5.75 Å². The fraction of sp³-hybridized carbons (Fsp3) is 0.345. The van der Waals surface area contributed by atoms with Crippen molar-refractivity contribution in [3.05, 3.63) is 75.8 Å². The van der Waals surface area contributed by atoms with Gasteiger partial charge in [0.1, 0.15) is 22.8 Å². The molecule has 0 spiro atoms.